The molecule has 0 amide bonds. The van der Waals surface area contributed by atoms with Gasteiger partial charge in [0.2, 0.25) is 0 Å². The van der Waals surface area contributed by atoms with E-state index in [1.165, 1.54) is 18.5 Å². The topological polar surface area (TPSA) is 80.2 Å². The van der Waals surface area contributed by atoms with Crippen molar-refractivity contribution < 1.29 is 13.0 Å². The van der Waals surface area contributed by atoms with Crippen molar-refractivity contribution in [2.45, 2.75) is 4.90 Å². The van der Waals surface area contributed by atoms with Crippen LogP contribution in [0.2, 0.25) is 0 Å². The number of hydrogen-bond acceptors (Lipinski definition) is 4. The third-order valence-corrected chi connectivity index (χ3v) is 2.66. The molecule has 0 saturated carbocycles. The predicted molar refractivity (Wildman–Crippen MR) is 56.5 cm³/mol. The Hall–Kier alpha value is 0.106. The van der Waals surface area contributed by atoms with Crippen molar-refractivity contribution in [2.24, 2.45) is 0 Å². The number of aromatic nitrogens is 2. The molecule has 5 nitrogen and oxygen atoms in total. The maximum absolute atomic E-state index is 10.9. The molecule has 0 aliphatic carbocycles. The van der Waals surface area contributed by atoms with Gasteiger partial charge in [-0.1, -0.05) is 0 Å². The van der Waals surface area contributed by atoms with Crippen molar-refractivity contribution in [2.75, 3.05) is 0 Å². The molecule has 2 aromatic rings. The van der Waals surface area contributed by atoms with Crippen LogP contribution in [0.15, 0.2) is 35.5 Å². The van der Waals surface area contributed by atoms with Crippen LogP contribution in [0.5, 0.6) is 0 Å². The molecule has 0 spiro atoms. The third-order valence-electron chi connectivity index (χ3n) is 1.75. The molecule has 0 radical (unpaired) electrons. The molecule has 2 aromatic heterocycles. The van der Waals surface area contributed by atoms with Crippen LogP contribution in [0, 0.1) is 0 Å². The first-order chi connectivity index (χ1) is 6.59. The number of rotatable bonds is 1. The fourth-order valence-electron chi connectivity index (χ4n) is 1.18. The van der Waals surface area contributed by atoms with E-state index in [9.17, 15) is 8.42 Å². The Balaban J connectivity index is 0.00000112. The van der Waals surface area contributed by atoms with Gasteiger partial charge in [-0.15, -0.1) is 0 Å². The summed E-state index contributed by atoms with van der Waals surface area (Å²) in [5, 5.41) is 0.317. The SMILES string of the molecule is O=S(=O)(O)c1ccnc2ncccc12.[KH]. The summed E-state index contributed by atoms with van der Waals surface area (Å²) < 4.78 is 30.8. The average molecular weight is 250 g/mol. The first-order valence-electron chi connectivity index (χ1n) is 3.76. The first-order valence-corrected chi connectivity index (χ1v) is 5.20. The van der Waals surface area contributed by atoms with E-state index in [0.29, 0.717) is 11.0 Å². The van der Waals surface area contributed by atoms with Crippen LogP contribution in [-0.2, 0) is 10.1 Å². The van der Waals surface area contributed by atoms with Gasteiger partial charge in [0.05, 0.1) is 0 Å². The van der Waals surface area contributed by atoms with Crippen LogP contribution in [-0.4, -0.2) is 74.3 Å². The van der Waals surface area contributed by atoms with Gasteiger partial charge in [-0.25, -0.2) is 9.97 Å². The number of fused-ring (bicyclic) bond motifs is 1. The van der Waals surface area contributed by atoms with Gasteiger partial charge >= 0.3 is 51.4 Å². The third kappa shape index (κ3) is 2.81. The molecule has 1 N–H and O–H groups in total. The molecule has 2 heterocycles. The summed E-state index contributed by atoms with van der Waals surface area (Å²) in [6, 6.07) is 4.36. The van der Waals surface area contributed by atoms with Crippen LogP contribution < -0.4 is 0 Å². The zero-order valence-corrected chi connectivity index (χ0v) is 7.77. The Morgan fingerprint density at radius 1 is 1.13 bits per heavy atom. The Bertz CT molecular complexity index is 580. The zero-order valence-electron chi connectivity index (χ0n) is 6.95. The van der Waals surface area contributed by atoms with Gasteiger partial charge in [-0.05, 0) is 18.2 Å². The molecule has 0 aliphatic heterocycles. The normalized spacial score (nSPS) is 11.0. The van der Waals surface area contributed by atoms with Crippen molar-refractivity contribution in [1.29, 1.82) is 0 Å². The van der Waals surface area contributed by atoms with Gasteiger partial charge < -0.3 is 0 Å². The predicted octanol–water partition coefficient (Wildman–Crippen LogP) is 0.228. The molecule has 0 saturated heterocycles. The average Bonchev–Trinajstić information content (AvgIpc) is 2.15. The second kappa shape index (κ2) is 4.96. The van der Waals surface area contributed by atoms with Gasteiger partial charge in [0.25, 0.3) is 10.1 Å². The molecule has 0 atom stereocenters. The quantitative estimate of drug-likeness (QED) is 0.579. The van der Waals surface area contributed by atoms with Crippen LogP contribution in [0.25, 0.3) is 11.0 Å². The molecule has 7 heteroatoms. The van der Waals surface area contributed by atoms with E-state index in [1.807, 2.05) is 0 Å². The number of hydrogen-bond donors (Lipinski definition) is 1. The first kappa shape index (κ1) is 13.2. The molecular weight excluding hydrogens is 243 g/mol. The van der Waals surface area contributed by atoms with Gasteiger partial charge in [-0.2, -0.15) is 8.42 Å². The molecule has 74 valence electrons. The van der Waals surface area contributed by atoms with Crippen LogP contribution in [0.1, 0.15) is 0 Å². The standard InChI is InChI=1S/C8H6N2O3S.K.H/c11-14(12,13)7-3-5-10-8-6(7)2-1-4-9-8;;/h1-5H,(H,11,12,13);;. The summed E-state index contributed by atoms with van der Waals surface area (Å²) in [5.41, 5.74) is 0.294. The van der Waals surface area contributed by atoms with Gasteiger partial charge in [0.1, 0.15) is 4.90 Å². The Kier molecular flexibility index (Phi) is 4.35. The van der Waals surface area contributed by atoms with Crippen molar-refractivity contribution in [3.63, 3.8) is 0 Å². The van der Waals surface area contributed by atoms with Gasteiger partial charge in [-0.3, -0.25) is 4.55 Å². The summed E-state index contributed by atoms with van der Waals surface area (Å²) in [6.07, 6.45) is 2.79. The molecule has 15 heavy (non-hydrogen) atoms. The van der Waals surface area contributed by atoms with Crippen LogP contribution in [0.4, 0.5) is 0 Å². The molecule has 0 bridgehead atoms. The van der Waals surface area contributed by atoms with Crippen molar-refractivity contribution >= 4 is 72.5 Å². The van der Waals surface area contributed by atoms with Crippen LogP contribution >= 0.6 is 0 Å². The molecular formula is C8H7KN2O3S. The summed E-state index contributed by atoms with van der Waals surface area (Å²) in [7, 11) is -4.21. The summed E-state index contributed by atoms with van der Waals surface area (Å²) in [6.45, 7) is 0. The Morgan fingerprint density at radius 2 is 1.80 bits per heavy atom. The fourth-order valence-corrected chi connectivity index (χ4v) is 1.85. The Morgan fingerprint density at radius 3 is 2.47 bits per heavy atom. The second-order valence-corrected chi connectivity index (χ2v) is 4.05. The number of nitrogens with zero attached hydrogens (tertiary/aromatic N) is 2. The van der Waals surface area contributed by atoms with E-state index in [1.54, 1.807) is 12.1 Å². The molecule has 0 fully saturated rings. The van der Waals surface area contributed by atoms with E-state index in [-0.39, 0.29) is 56.3 Å². The van der Waals surface area contributed by atoms with Crippen molar-refractivity contribution in [3.8, 4) is 0 Å². The monoisotopic (exact) mass is 250 g/mol. The Labute approximate surface area is 129 Å². The van der Waals surface area contributed by atoms with E-state index < -0.39 is 10.1 Å². The zero-order chi connectivity index (χ0) is 10.2. The fraction of sp³-hybridized carbons (Fsp3) is 0. The molecule has 0 unspecified atom stereocenters. The van der Waals surface area contributed by atoms with Crippen molar-refractivity contribution in [1.82, 2.24) is 9.97 Å². The number of pyridine rings is 2. The van der Waals surface area contributed by atoms with E-state index in [2.05, 4.69) is 9.97 Å². The van der Waals surface area contributed by atoms with E-state index in [0.717, 1.165) is 0 Å². The molecule has 0 aromatic carbocycles. The minimum absolute atomic E-state index is 0. The van der Waals surface area contributed by atoms with Gasteiger partial charge in [0.15, 0.2) is 5.65 Å². The molecule has 2 rings (SSSR count). The summed E-state index contributed by atoms with van der Waals surface area (Å²) in [4.78, 5) is 7.57. The van der Waals surface area contributed by atoms with E-state index in [4.69, 9.17) is 4.55 Å². The van der Waals surface area contributed by atoms with E-state index >= 15 is 0 Å². The van der Waals surface area contributed by atoms with Crippen molar-refractivity contribution in [3.05, 3.63) is 30.6 Å². The maximum atomic E-state index is 10.9. The summed E-state index contributed by atoms with van der Waals surface area (Å²) in [5.74, 6) is 0. The van der Waals surface area contributed by atoms with Gasteiger partial charge in [0, 0.05) is 17.8 Å². The minimum atomic E-state index is -4.21. The van der Waals surface area contributed by atoms with Crippen LogP contribution in [0.3, 0.4) is 0 Å². The summed E-state index contributed by atoms with van der Waals surface area (Å²) >= 11 is 0. The molecule has 0 aliphatic rings. The second-order valence-electron chi connectivity index (χ2n) is 2.66.